The molecule has 0 aliphatic carbocycles. The number of carbonyl (C=O) groups is 1. The molecule has 6 nitrogen and oxygen atoms in total. The predicted molar refractivity (Wildman–Crippen MR) is 85.6 cm³/mol. The number of fused-ring (bicyclic) bond motifs is 2. The average Bonchev–Trinajstić information content (AvgIpc) is 2.55. The largest absolute Gasteiger partial charge is 0.440 e. The third kappa shape index (κ3) is 2.24. The minimum absolute atomic E-state index is 0.172. The molecule has 4 aliphatic heterocycles. The summed E-state index contributed by atoms with van der Waals surface area (Å²) in [7, 11) is 0. The van der Waals surface area contributed by atoms with Crippen molar-refractivity contribution < 1.29 is 14.6 Å². The van der Waals surface area contributed by atoms with Gasteiger partial charge in [-0.25, -0.2) is 9.69 Å². The highest BCUT2D eigenvalue weighted by Crippen LogP contribution is 2.44. The molecule has 4 heterocycles. The summed E-state index contributed by atoms with van der Waals surface area (Å²) in [6, 6.07) is 7.11. The Labute approximate surface area is 135 Å². The Morgan fingerprint density at radius 2 is 2.04 bits per heavy atom. The Morgan fingerprint density at radius 3 is 2.65 bits per heavy atom. The van der Waals surface area contributed by atoms with Crippen molar-refractivity contribution in [2.75, 3.05) is 24.5 Å². The van der Waals surface area contributed by atoms with Gasteiger partial charge in [-0.05, 0) is 32.0 Å². The van der Waals surface area contributed by atoms with Crippen LogP contribution >= 0.6 is 0 Å². The summed E-state index contributed by atoms with van der Waals surface area (Å²) >= 11 is 0. The smallest absolute Gasteiger partial charge is 0.420 e. The second-order valence-electron chi connectivity index (χ2n) is 6.73. The van der Waals surface area contributed by atoms with Crippen molar-refractivity contribution in [3.8, 4) is 0 Å². The molecule has 0 radical (unpaired) electrons. The van der Waals surface area contributed by atoms with Crippen molar-refractivity contribution in [3.05, 3.63) is 29.8 Å². The van der Waals surface area contributed by atoms with Crippen LogP contribution < -0.4 is 4.90 Å². The number of ether oxygens (including phenoxy) is 1. The lowest BCUT2D eigenvalue weighted by molar-refractivity contribution is -0.113. The van der Waals surface area contributed by atoms with Gasteiger partial charge in [-0.3, -0.25) is 10.3 Å². The quantitative estimate of drug-likeness (QED) is 0.875. The number of anilines is 1. The van der Waals surface area contributed by atoms with Gasteiger partial charge in [0.25, 0.3) is 0 Å². The van der Waals surface area contributed by atoms with Gasteiger partial charge in [0.15, 0.2) is 0 Å². The molecule has 23 heavy (non-hydrogen) atoms. The number of piperidine rings is 3. The number of rotatable bonds is 2. The molecule has 0 saturated carbocycles. The molecular weight excluding hydrogens is 294 g/mol. The minimum atomic E-state index is -0.532. The van der Waals surface area contributed by atoms with Crippen LogP contribution in [0.25, 0.3) is 0 Å². The molecule has 5 rings (SSSR count). The van der Waals surface area contributed by atoms with Gasteiger partial charge in [0, 0.05) is 24.4 Å². The van der Waals surface area contributed by atoms with Crippen molar-refractivity contribution in [2.24, 2.45) is 5.92 Å². The molecule has 1 atom stereocenters. The summed E-state index contributed by atoms with van der Waals surface area (Å²) in [6.45, 7) is 2.69. The van der Waals surface area contributed by atoms with Crippen molar-refractivity contribution in [3.63, 3.8) is 0 Å². The maximum Gasteiger partial charge on any atom is 0.420 e. The first-order valence-electron chi connectivity index (χ1n) is 8.14. The van der Waals surface area contributed by atoms with Crippen LogP contribution in [0.3, 0.4) is 0 Å². The number of nitrogens with one attached hydrogen (secondary N) is 1. The van der Waals surface area contributed by atoms with Crippen molar-refractivity contribution in [1.82, 2.24) is 4.90 Å². The third-order valence-corrected chi connectivity index (χ3v) is 5.44. The monoisotopic (exact) mass is 315 g/mol. The van der Waals surface area contributed by atoms with Gasteiger partial charge in [0.05, 0.1) is 12.3 Å². The summed E-state index contributed by atoms with van der Waals surface area (Å²) in [5.74, 6) is 0.614. The topological polar surface area (TPSA) is 76.9 Å². The Hall–Kier alpha value is -1.92. The molecule has 122 valence electrons. The summed E-state index contributed by atoms with van der Waals surface area (Å²) in [5.41, 5.74) is 0.634. The molecule has 4 fully saturated rings. The molecule has 4 aliphatic rings. The zero-order valence-electron chi connectivity index (χ0n) is 13.0. The average molecular weight is 315 g/mol. The number of amidine groups is 1. The molecule has 2 bridgehead atoms. The second kappa shape index (κ2) is 5.32. The molecule has 6 heteroatoms. The van der Waals surface area contributed by atoms with E-state index in [9.17, 15) is 9.90 Å². The maximum absolute atomic E-state index is 12.7. The van der Waals surface area contributed by atoms with Crippen LogP contribution in [0, 0.1) is 11.3 Å². The standard InChI is InChI=1S/C17H21N3O3/c18-15-9-17(11-19-7-5-13(17)6-8-19)23-16(22)20(15)14-4-2-1-3-12(14)10-21/h1-4,13,18,21H,5-11H2. The zero-order valence-corrected chi connectivity index (χ0v) is 13.0. The highest BCUT2D eigenvalue weighted by Gasteiger charge is 2.54. The Morgan fingerprint density at radius 1 is 1.30 bits per heavy atom. The molecule has 2 N–H and O–H groups in total. The second-order valence-corrected chi connectivity index (χ2v) is 6.73. The highest BCUT2D eigenvalue weighted by molar-refractivity contribution is 6.15. The first-order chi connectivity index (χ1) is 11.1. The summed E-state index contributed by atoms with van der Waals surface area (Å²) in [5, 5.41) is 17.9. The molecule has 1 amide bonds. The normalized spacial score (nSPS) is 33.2. The first kappa shape index (κ1) is 14.7. The number of nitrogens with zero attached hydrogens (tertiary/aromatic N) is 2. The van der Waals surface area contributed by atoms with Crippen LogP contribution in [-0.2, 0) is 11.3 Å². The fraction of sp³-hybridized carbons (Fsp3) is 0.529. The highest BCUT2D eigenvalue weighted by atomic mass is 16.6. The van der Waals surface area contributed by atoms with Gasteiger partial charge >= 0.3 is 6.09 Å². The number of hydrogen-bond donors (Lipinski definition) is 2. The summed E-state index contributed by atoms with van der Waals surface area (Å²) < 4.78 is 5.91. The Bertz CT molecular complexity index is 634. The first-order valence-corrected chi connectivity index (χ1v) is 8.14. The van der Waals surface area contributed by atoms with Crippen molar-refractivity contribution in [1.29, 1.82) is 5.41 Å². The number of aliphatic hydroxyl groups is 1. The van der Waals surface area contributed by atoms with Crippen LogP contribution in [-0.4, -0.2) is 47.2 Å². The van der Waals surface area contributed by atoms with Crippen LogP contribution in [0.15, 0.2) is 24.3 Å². The third-order valence-electron chi connectivity index (χ3n) is 5.44. The van der Waals surface area contributed by atoms with Gasteiger partial charge in [-0.1, -0.05) is 18.2 Å². The number of para-hydroxylation sites is 1. The lowest BCUT2D eigenvalue weighted by atomic mass is 9.72. The van der Waals surface area contributed by atoms with E-state index in [1.807, 2.05) is 6.07 Å². The van der Waals surface area contributed by atoms with Gasteiger partial charge in [0.1, 0.15) is 11.4 Å². The van der Waals surface area contributed by atoms with E-state index in [1.165, 1.54) is 4.90 Å². The number of benzene rings is 1. The van der Waals surface area contributed by atoms with E-state index in [-0.39, 0.29) is 12.4 Å². The fourth-order valence-corrected chi connectivity index (χ4v) is 4.28. The molecule has 1 aromatic carbocycles. The summed E-state index contributed by atoms with van der Waals surface area (Å²) in [4.78, 5) is 16.3. The Balaban J connectivity index is 1.65. The minimum Gasteiger partial charge on any atom is -0.440 e. The van der Waals surface area contributed by atoms with Crippen LogP contribution in [0.4, 0.5) is 10.5 Å². The number of hydrogen-bond acceptors (Lipinski definition) is 5. The van der Waals surface area contributed by atoms with E-state index in [2.05, 4.69) is 4.90 Å². The van der Waals surface area contributed by atoms with E-state index in [4.69, 9.17) is 10.1 Å². The number of carbonyl (C=O) groups excluding carboxylic acids is 1. The lowest BCUT2D eigenvalue weighted by Gasteiger charge is -2.54. The molecule has 1 unspecified atom stereocenters. The van der Waals surface area contributed by atoms with E-state index in [1.54, 1.807) is 18.2 Å². The molecule has 1 aromatic rings. The fourth-order valence-electron chi connectivity index (χ4n) is 4.28. The van der Waals surface area contributed by atoms with Crippen molar-refractivity contribution >= 4 is 17.6 Å². The van der Waals surface area contributed by atoms with Crippen molar-refractivity contribution in [2.45, 2.75) is 31.5 Å². The maximum atomic E-state index is 12.7. The predicted octanol–water partition coefficient (Wildman–Crippen LogP) is 1.97. The number of amides is 1. The van der Waals surface area contributed by atoms with Crippen LogP contribution in [0.5, 0.6) is 0 Å². The SMILES string of the molecule is N=C1CC2(CN3CCC2CC3)OC(=O)N1c1ccccc1CO. The molecular formula is C17H21N3O3. The number of aliphatic hydroxyl groups excluding tert-OH is 1. The lowest BCUT2D eigenvalue weighted by Crippen LogP contribution is -2.66. The molecule has 0 aromatic heterocycles. The van der Waals surface area contributed by atoms with Crippen LogP contribution in [0.2, 0.25) is 0 Å². The summed E-state index contributed by atoms with van der Waals surface area (Å²) in [6.07, 6.45) is 2.03. The van der Waals surface area contributed by atoms with E-state index in [0.717, 1.165) is 32.5 Å². The molecule has 1 spiro atoms. The van der Waals surface area contributed by atoms with E-state index < -0.39 is 11.7 Å². The van der Waals surface area contributed by atoms with E-state index in [0.29, 0.717) is 23.6 Å². The van der Waals surface area contributed by atoms with Gasteiger partial charge < -0.3 is 9.84 Å². The van der Waals surface area contributed by atoms with Gasteiger partial charge in [-0.2, -0.15) is 0 Å². The van der Waals surface area contributed by atoms with Crippen LogP contribution in [0.1, 0.15) is 24.8 Å². The van der Waals surface area contributed by atoms with Gasteiger partial charge in [0.2, 0.25) is 0 Å². The zero-order chi connectivity index (χ0) is 16.0. The van der Waals surface area contributed by atoms with E-state index >= 15 is 0 Å². The van der Waals surface area contributed by atoms with Gasteiger partial charge in [-0.15, -0.1) is 0 Å². The molecule has 4 saturated heterocycles. The Kier molecular flexibility index (Phi) is 3.39.